The maximum atomic E-state index is 12.1. The summed E-state index contributed by atoms with van der Waals surface area (Å²) in [6.45, 7) is 0. The number of hydrogen-bond acceptors (Lipinski definition) is 3. The molecular formula is C12H9F3N2O. The normalized spacial score (nSPS) is 11.3. The Morgan fingerprint density at radius 2 is 1.78 bits per heavy atom. The van der Waals surface area contributed by atoms with Crippen LogP contribution >= 0.6 is 0 Å². The van der Waals surface area contributed by atoms with E-state index >= 15 is 0 Å². The fourth-order valence-electron chi connectivity index (χ4n) is 1.50. The summed E-state index contributed by atoms with van der Waals surface area (Å²) in [7, 11) is 0. The standard InChI is InChI=1S/C12H9F3N2O/c13-12(14,15)18-10-3-1-2-8(6-10)9-4-5-17-11(16)7-9/h1-7H,(H2,16,17). The van der Waals surface area contributed by atoms with Crippen molar-refractivity contribution in [2.24, 2.45) is 0 Å². The first-order chi connectivity index (χ1) is 8.44. The van der Waals surface area contributed by atoms with Gasteiger partial charge in [-0.15, -0.1) is 13.2 Å². The highest BCUT2D eigenvalue weighted by molar-refractivity contribution is 5.67. The van der Waals surface area contributed by atoms with Gasteiger partial charge >= 0.3 is 6.36 Å². The molecule has 3 nitrogen and oxygen atoms in total. The molecule has 2 N–H and O–H groups in total. The van der Waals surface area contributed by atoms with E-state index in [4.69, 9.17) is 5.73 Å². The predicted octanol–water partition coefficient (Wildman–Crippen LogP) is 3.23. The van der Waals surface area contributed by atoms with Crippen LogP contribution in [0.1, 0.15) is 0 Å². The molecule has 0 fully saturated rings. The molecule has 0 atom stereocenters. The SMILES string of the molecule is Nc1cc(-c2cccc(OC(F)(F)F)c2)ccn1. The molecule has 1 aromatic heterocycles. The van der Waals surface area contributed by atoms with E-state index in [1.54, 1.807) is 18.2 Å². The van der Waals surface area contributed by atoms with Crippen LogP contribution < -0.4 is 10.5 Å². The van der Waals surface area contributed by atoms with Gasteiger partial charge in [-0.2, -0.15) is 0 Å². The van der Waals surface area contributed by atoms with Crippen LogP contribution in [-0.4, -0.2) is 11.3 Å². The van der Waals surface area contributed by atoms with Crippen molar-refractivity contribution < 1.29 is 17.9 Å². The predicted molar refractivity (Wildman–Crippen MR) is 60.8 cm³/mol. The van der Waals surface area contributed by atoms with E-state index in [0.29, 0.717) is 16.9 Å². The van der Waals surface area contributed by atoms with Crippen molar-refractivity contribution in [1.29, 1.82) is 0 Å². The van der Waals surface area contributed by atoms with E-state index in [-0.39, 0.29) is 5.75 Å². The first-order valence-corrected chi connectivity index (χ1v) is 5.02. The van der Waals surface area contributed by atoms with Crippen molar-refractivity contribution in [3.05, 3.63) is 42.6 Å². The van der Waals surface area contributed by atoms with Crippen LogP contribution in [-0.2, 0) is 0 Å². The number of pyridine rings is 1. The number of aromatic nitrogens is 1. The third-order valence-corrected chi connectivity index (χ3v) is 2.18. The smallest absolute Gasteiger partial charge is 0.406 e. The van der Waals surface area contributed by atoms with E-state index in [1.165, 1.54) is 24.4 Å². The molecule has 0 spiro atoms. The first-order valence-electron chi connectivity index (χ1n) is 5.02. The summed E-state index contributed by atoms with van der Waals surface area (Å²) in [5.41, 5.74) is 6.76. The van der Waals surface area contributed by atoms with E-state index in [9.17, 15) is 13.2 Å². The summed E-state index contributed by atoms with van der Waals surface area (Å²) < 4.78 is 40.1. The molecule has 0 aliphatic carbocycles. The quantitative estimate of drug-likeness (QED) is 0.895. The highest BCUT2D eigenvalue weighted by Crippen LogP contribution is 2.28. The molecular weight excluding hydrogens is 245 g/mol. The van der Waals surface area contributed by atoms with Crippen LogP contribution in [0.3, 0.4) is 0 Å². The molecule has 0 saturated carbocycles. The molecule has 0 aliphatic rings. The summed E-state index contributed by atoms with van der Waals surface area (Å²) in [5, 5.41) is 0. The van der Waals surface area contributed by atoms with Gasteiger partial charge in [0.2, 0.25) is 0 Å². The van der Waals surface area contributed by atoms with Gasteiger partial charge in [0.05, 0.1) is 0 Å². The van der Waals surface area contributed by atoms with Crippen molar-refractivity contribution in [3.63, 3.8) is 0 Å². The topological polar surface area (TPSA) is 48.1 Å². The molecule has 1 aromatic carbocycles. The maximum Gasteiger partial charge on any atom is 0.573 e. The van der Waals surface area contributed by atoms with Crippen LogP contribution in [0.25, 0.3) is 11.1 Å². The number of rotatable bonds is 2. The number of alkyl halides is 3. The van der Waals surface area contributed by atoms with Gasteiger partial charge in [-0.25, -0.2) is 4.98 Å². The number of benzene rings is 1. The largest absolute Gasteiger partial charge is 0.573 e. The highest BCUT2D eigenvalue weighted by atomic mass is 19.4. The molecule has 6 heteroatoms. The summed E-state index contributed by atoms with van der Waals surface area (Å²) >= 11 is 0. The zero-order valence-electron chi connectivity index (χ0n) is 9.11. The lowest BCUT2D eigenvalue weighted by Gasteiger charge is -2.10. The van der Waals surface area contributed by atoms with E-state index < -0.39 is 6.36 Å². The molecule has 0 amide bonds. The average molecular weight is 254 g/mol. The third kappa shape index (κ3) is 3.13. The van der Waals surface area contributed by atoms with Gasteiger partial charge in [0.1, 0.15) is 11.6 Å². The summed E-state index contributed by atoms with van der Waals surface area (Å²) in [6.07, 6.45) is -3.21. The van der Waals surface area contributed by atoms with Crippen molar-refractivity contribution in [1.82, 2.24) is 4.98 Å². The van der Waals surface area contributed by atoms with Gasteiger partial charge in [0, 0.05) is 6.20 Å². The molecule has 0 unspecified atom stereocenters. The number of hydrogen-bond donors (Lipinski definition) is 1. The number of halogens is 3. The number of ether oxygens (including phenoxy) is 1. The van der Waals surface area contributed by atoms with Crippen LogP contribution in [0.15, 0.2) is 42.6 Å². The Labute approximate surface area is 101 Å². The number of nitrogens with two attached hydrogens (primary N) is 1. The van der Waals surface area contributed by atoms with Gasteiger partial charge in [0.15, 0.2) is 0 Å². The second-order valence-electron chi connectivity index (χ2n) is 3.55. The van der Waals surface area contributed by atoms with E-state index in [2.05, 4.69) is 9.72 Å². The first kappa shape index (κ1) is 12.2. The minimum Gasteiger partial charge on any atom is -0.406 e. The molecule has 0 aliphatic heterocycles. The second kappa shape index (κ2) is 4.56. The maximum absolute atomic E-state index is 12.1. The van der Waals surface area contributed by atoms with Gasteiger partial charge < -0.3 is 10.5 Å². The molecule has 2 rings (SSSR count). The Hall–Kier alpha value is -2.24. The Morgan fingerprint density at radius 3 is 2.44 bits per heavy atom. The Morgan fingerprint density at radius 1 is 1.06 bits per heavy atom. The molecule has 0 radical (unpaired) electrons. The molecule has 18 heavy (non-hydrogen) atoms. The lowest BCUT2D eigenvalue weighted by Crippen LogP contribution is -2.17. The summed E-state index contributed by atoms with van der Waals surface area (Å²) in [6, 6.07) is 8.91. The fourth-order valence-corrected chi connectivity index (χ4v) is 1.50. The van der Waals surface area contributed by atoms with Crippen LogP contribution in [0.5, 0.6) is 5.75 Å². The van der Waals surface area contributed by atoms with Gasteiger partial charge in [-0.1, -0.05) is 12.1 Å². The minimum absolute atomic E-state index is 0.268. The Kier molecular flexibility index (Phi) is 3.10. The average Bonchev–Trinajstić information content (AvgIpc) is 2.27. The van der Waals surface area contributed by atoms with Gasteiger partial charge in [-0.05, 0) is 35.4 Å². The van der Waals surface area contributed by atoms with Crippen molar-refractivity contribution in [2.45, 2.75) is 6.36 Å². The number of nitrogens with zero attached hydrogens (tertiary/aromatic N) is 1. The van der Waals surface area contributed by atoms with Crippen LogP contribution in [0.2, 0.25) is 0 Å². The molecule has 0 bridgehead atoms. The monoisotopic (exact) mass is 254 g/mol. The Bertz CT molecular complexity index is 555. The zero-order valence-corrected chi connectivity index (χ0v) is 9.11. The molecule has 94 valence electrons. The van der Waals surface area contributed by atoms with Gasteiger partial charge in [0.25, 0.3) is 0 Å². The van der Waals surface area contributed by atoms with Crippen molar-refractivity contribution in [3.8, 4) is 16.9 Å². The summed E-state index contributed by atoms with van der Waals surface area (Å²) in [5.74, 6) is 0.0324. The zero-order chi connectivity index (χ0) is 13.2. The molecule has 0 saturated heterocycles. The number of nitrogen functional groups attached to an aromatic ring is 1. The fraction of sp³-hybridized carbons (Fsp3) is 0.0833. The minimum atomic E-state index is -4.70. The summed E-state index contributed by atoms with van der Waals surface area (Å²) in [4.78, 5) is 3.81. The lowest BCUT2D eigenvalue weighted by molar-refractivity contribution is -0.274. The van der Waals surface area contributed by atoms with E-state index in [0.717, 1.165) is 0 Å². The van der Waals surface area contributed by atoms with Crippen molar-refractivity contribution in [2.75, 3.05) is 5.73 Å². The lowest BCUT2D eigenvalue weighted by atomic mass is 10.1. The molecule has 2 aromatic rings. The highest BCUT2D eigenvalue weighted by Gasteiger charge is 2.31. The van der Waals surface area contributed by atoms with Crippen LogP contribution in [0.4, 0.5) is 19.0 Å². The Balaban J connectivity index is 2.33. The third-order valence-electron chi connectivity index (χ3n) is 2.18. The molecule has 1 heterocycles. The van der Waals surface area contributed by atoms with Crippen LogP contribution in [0, 0.1) is 0 Å². The van der Waals surface area contributed by atoms with Crippen molar-refractivity contribution >= 4 is 5.82 Å². The second-order valence-corrected chi connectivity index (χ2v) is 3.55. The number of anilines is 1. The van der Waals surface area contributed by atoms with Gasteiger partial charge in [-0.3, -0.25) is 0 Å². The van der Waals surface area contributed by atoms with E-state index in [1.807, 2.05) is 0 Å².